The minimum atomic E-state index is -1.10. The summed E-state index contributed by atoms with van der Waals surface area (Å²) in [4.78, 5) is 25.7. The van der Waals surface area contributed by atoms with Crippen LogP contribution in [0.4, 0.5) is 0 Å². The average molecular weight is 247 g/mol. The summed E-state index contributed by atoms with van der Waals surface area (Å²) in [6.07, 6.45) is 6.60. The molecule has 0 radical (unpaired) electrons. The van der Waals surface area contributed by atoms with E-state index in [0.29, 0.717) is 5.56 Å². The Hall–Kier alpha value is -2.39. The number of hydrogen-bond donors (Lipinski definition) is 3. The molecule has 0 saturated heterocycles. The maximum Gasteiger partial charge on any atom is 0.354 e. The molecule has 1 unspecified atom stereocenters. The molecule has 1 rings (SSSR count). The molecular formula is C12H13N3O3. The number of hydrogen-bond acceptors (Lipinski definition) is 4. The molecule has 6 nitrogen and oxygen atoms in total. The quantitative estimate of drug-likeness (QED) is 0.622. The van der Waals surface area contributed by atoms with Crippen LogP contribution in [-0.2, 0) is 11.3 Å². The SMILES string of the molecule is C#CCC(N)C(=O)NCc1ccc(C(=O)O)nc1. The maximum atomic E-state index is 11.4. The highest BCUT2D eigenvalue weighted by atomic mass is 16.4. The highest BCUT2D eigenvalue weighted by Gasteiger charge is 2.11. The molecule has 0 aliphatic rings. The Morgan fingerprint density at radius 1 is 1.56 bits per heavy atom. The van der Waals surface area contributed by atoms with E-state index in [1.807, 2.05) is 0 Å². The topological polar surface area (TPSA) is 105 Å². The summed E-state index contributed by atoms with van der Waals surface area (Å²) in [5, 5.41) is 11.2. The summed E-state index contributed by atoms with van der Waals surface area (Å²) in [5.41, 5.74) is 6.14. The molecule has 1 heterocycles. The first-order valence-electron chi connectivity index (χ1n) is 5.19. The van der Waals surface area contributed by atoms with Crippen molar-refractivity contribution >= 4 is 11.9 Å². The van der Waals surface area contributed by atoms with Gasteiger partial charge in [-0.05, 0) is 11.6 Å². The van der Waals surface area contributed by atoms with Crippen LogP contribution in [0.3, 0.4) is 0 Å². The predicted octanol–water partition coefficient (Wildman–Crippen LogP) is -0.253. The van der Waals surface area contributed by atoms with Crippen LogP contribution in [-0.4, -0.2) is 28.0 Å². The number of carbonyl (C=O) groups is 2. The van der Waals surface area contributed by atoms with Crippen molar-refractivity contribution in [2.24, 2.45) is 5.73 Å². The van der Waals surface area contributed by atoms with Crippen LogP contribution in [0.2, 0.25) is 0 Å². The molecule has 1 aromatic rings. The van der Waals surface area contributed by atoms with Gasteiger partial charge in [-0.1, -0.05) is 6.07 Å². The molecule has 0 aliphatic heterocycles. The van der Waals surface area contributed by atoms with Gasteiger partial charge in [0.15, 0.2) is 0 Å². The van der Waals surface area contributed by atoms with Crippen molar-refractivity contribution in [3.05, 3.63) is 29.6 Å². The van der Waals surface area contributed by atoms with Crippen molar-refractivity contribution in [3.63, 3.8) is 0 Å². The zero-order chi connectivity index (χ0) is 13.5. The van der Waals surface area contributed by atoms with E-state index in [4.69, 9.17) is 17.3 Å². The van der Waals surface area contributed by atoms with Crippen molar-refractivity contribution in [2.75, 3.05) is 0 Å². The van der Waals surface area contributed by atoms with Gasteiger partial charge in [0.05, 0.1) is 6.04 Å². The highest BCUT2D eigenvalue weighted by molar-refractivity contribution is 5.85. The van der Waals surface area contributed by atoms with E-state index in [-0.39, 0.29) is 24.6 Å². The number of aromatic nitrogens is 1. The van der Waals surface area contributed by atoms with Gasteiger partial charge in [0.1, 0.15) is 5.69 Å². The molecule has 18 heavy (non-hydrogen) atoms. The molecule has 0 aliphatic carbocycles. The van der Waals surface area contributed by atoms with Gasteiger partial charge in [-0.3, -0.25) is 4.79 Å². The third kappa shape index (κ3) is 3.88. The number of pyridine rings is 1. The van der Waals surface area contributed by atoms with Crippen LogP contribution in [0, 0.1) is 12.3 Å². The molecule has 1 aromatic heterocycles. The van der Waals surface area contributed by atoms with Crippen molar-refractivity contribution in [1.29, 1.82) is 0 Å². The Balaban J connectivity index is 2.51. The number of carboxylic acid groups (broad SMARTS) is 1. The Morgan fingerprint density at radius 3 is 2.78 bits per heavy atom. The Kier molecular flexibility index (Phi) is 4.84. The van der Waals surface area contributed by atoms with E-state index < -0.39 is 12.0 Å². The van der Waals surface area contributed by atoms with Crippen LogP contribution >= 0.6 is 0 Å². The Morgan fingerprint density at radius 2 is 2.28 bits per heavy atom. The van der Waals surface area contributed by atoms with E-state index >= 15 is 0 Å². The number of carboxylic acids is 1. The van der Waals surface area contributed by atoms with Gasteiger partial charge < -0.3 is 16.2 Å². The van der Waals surface area contributed by atoms with E-state index in [1.54, 1.807) is 6.07 Å². The van der Waals surface area contributed by atoms with Gasteiger partial charge in [-0.2, -0.15) is 0 Å². The van der Waals surface area contributed by atoms with E-state index in [0.717, 1.165) is 0 Å². The smallest absolute Gasteiger partial charge is 0.354 e. The molecule has 1 atom stereocenters. The summed E-state index contributed by atoms with van der Waals surface area (Å²) < 4.78 is 0. The van der Waals surface area contributed by atoms with Gasteiger partial charge in [0, 0.05) is 19.2 Å². The number of nitrogens with zero attached hydrogens (tertiary/aromatic N) is 1. The summed E-state index contributed by atoms with van der Waals surface area (Å²) in [6, 6.07) is 2.20. The van der Waals surface area contributed by atoms with Crippen molar-refractivity contribution in [2.45, 2.75) is 19.0 Å². The first kappa shape index (κ1) is 13.7. The average Bonchev–Trinajstić information content (AvgIpc) is 2.36. The third-order valence-electron chi connectivity index (χ3n) is 2.19. The second-order valence-corrected chi connectivity index (χ2v) is 3.59. The number of terminal acetylenes is 1. The number of carbonyl (C=O) groups excluding carboxylic acids is 1. The summed E-state index contributed by atoms with van der Waals surface area (Å²) >= 11 is 0. The molecule has 0 aromatic carbocycles. The fourth-order valence-electron chi connectivity index (χ4n) is 1.20. The number of aromatic carboxylic acids is 1. The van der Waals surface area contributed by atoms with Crippen LogP contribution in [0.1, 0.15) is 22.5 Å². The molecule has 0 fully saturated rings. The molecule has 4 N–H and O–H groups in total. The summed E-state index contributed by atoms with van der Waals surface area (Å²) in [7, 11) is 0. The van der Waals surface area contributed by atoms with Gasteiger partial charge in [0.2, 0.25) is 5.91 Å². The monoisotopic (exact) mass is 247 g/mol. The minimum absolute atomic E-state index is 0.0471. The molecule has 0 saturated carbocycles. The van der Waals surface area contributed by atoms with Gasteiger partial charge in [-0.25, -0.2) is 9.78 Å². The van der Waals surface area contributed by atoms with Crippen LogP contribution in [0.5, 0.6) is 0 Å². The fraction of sp³-hybridized carbons (Fsp3) is 0.250. The summed E-state index contributed by atoms with van der Waals surface area (Å²) in [6.45, 7) is 0.226. The zero-order valence-electron chi connectivity index (χ0n) is 9.59. The number of nitrogens with one attached hydrogen (secondary N) is 1. The van der Waals surface area contributed by atoms with E-state index in [9.17, 15) is 9.59 Å². The zero-order valence-corrected chi connectivity index (χ0v) is 9.59. The second kappa shape index (κ2) is 6.37. The Bertz CT molecular complexity index is 476. The van der Waals surface area contributed by atoms with Crippen molar-refractivity contribution in [1.82, 2.24) is 10.3 Å². The standard InChI is InChI=1S/C12H13N3O3/c1-2-3-9(13)11(16)15-7-8-4-5-10(12(17)18)14-6-8/h1,4-6,9H,3,7,13H2,(H,15,16)(H,17,18). The molecule has 0 bridgehead atoms. The number of nitrogens with two attached hydrogens (primary N) is 1. The largest absolute Gasteiger partial charge is 0.477 e. The van der Waals surface area contributed by atoms with Gasteiger partial charge >= 0.3 is 5.97 Å². The highest BCUT2D eigenvalue weighted by Crippen LogP contribution is 2.00. The van der Waals surface area contributed by atoms with E-state index in [1.165, 1.54) is 12.3 Å². The van der Waals surface area contributed by atoms with Gasteiger partial charge in [0.25, 0.3) is 0 Å². The van der Waals surface area contributed by atoms with Gasteiger partial charge in [-0.15, -0.1) is 12.3 Å². The lowest BCUT2D eigenvalue weighted by molar-refractivity contribution is -0.122. The molecule has 6 heteroatoms. The first-order chi connectivity index (χ1) is 8.54. The maximum absolute atomic E-state index is 11.4. The Labute approximate surface area is 104 Å². The number of amides is 1. The number of rotatable bonds is 5. The second-order valence-electron chi connectivity index (χ2n) is 3.59. The predicted molar refractivity (Wildman–Crippen MR) is 64.5 cm³/mol. The summed E-state index contributed by atoms with van der Waals surface area (Å²) in [5.74, 6) is 0.856. The van der Waals surface area contributed by atoms with Crippen molar-refractivity contribution < 1.29 is 14.7 Å². The lowest BCUT2D eigenvalue weighted by atomic mass is 10.2. The van der Waals surface area contributed by atoms with Crippen LogP contribution in [0.25, 0.3) is 0 Å². The minimum Gasteiger partial charge on any atom is -0.477 e. The molecule has 94 valence electrons. The fourth-order valence-corrected chi connectivity index (χ4v) is 1.20. The molecular weight excluding hydrogens is 234 g/mol. The lowest BCUT2D eigenvalue weighted by Gasteiger charge is -2.09. The normalized spacial score (nSPS) is 11.3. The lowest BCUT2D eigenvalue weighted by Crippen LogP contribution is -2.39. The van der Waals surface area contributed by atoms with Crippen LogP contribution < -0.4 is 11.1 Å². The van der Waals surface area contributed by atoms with Crippen molar-refractivity contribution in [3.8, 4) is 12.3 Å². The molecule has 1 amide bonds. The molecule has 0 spiro atoms. The van der Waals surface area contributed by atoms with Crippen LogP contribution in [0.15, 0.2) is 18.3 Å². The third-order valence-corrected chi connectivity index (χ3v) is 2.19. The first-order valence-corrected chi connectivity index (χ1v) is 5.19. The van der Waals surface area contributed by atoms with E-state index in [2.05, 4.69) is 16.2 Å².